The molecule has 1 unspecified atom stereocenters. The first-order valence-corrected chi connectivity index (χ1v) is 10.0. The van der Waals surface area contributed by atoms with Crippen LogP contribution in [0.2, 0.25) is 0 Å². The quantitative estimate of drug-likeness (QED) is 0.777. The molecule has 1 aliphatic carbocycles. The number of hydrogen-bond acceptors (Lipinski definition) is 4. The summed E-state index contributed by atoms with van der Waals surface area (Å²) in [4.78, 5) is 1.30. The van der Waals surface area contributed by atoms with E-state index < -0.39 is 16.1 Å². The Labute approximate surface area is 136 Å². The van der Waals surface area contributed by atoms with E-state index >= 15 is 0 Å². The Kier molecular flexibility index (Phi) is 5.76. The highest BCUT2D eigenvalue weighted by Gasteiger charge is 2.30. The highest BCUT2D eigenvalue weighted by Crippen LogP contribution is 2.28. The van der Waals surface area contributed by atoms with Gasteiger partial charge in [0.2, 0.25) is 0 Å². The largest absolute Gasteiger partial charge is 0.392 e. The molecule has 0 radical (unpaired) electrons. The molecule has 1 aromatic rings. The topological polar surface area (TPSA) is 72.2 Å². The van der Waals surface area contributed by atoms with Gasteiger partial charge in [0.25, 0.3) is 10.0 Å². The van der Waals surface area contributed by atoms with E-state index in [1.165, 1.54) is 17.8 Å². The van der Waals surface area contributed by atoms with Gasteiger partial charge in [0, 0.05) is 4.88 Å². The van der Waals surface area contributed by atoms with Crippen LogP contribution in [0, 0.1) is 5.92 Å². The Balaban J connectivity index is 2.16. The van der Waals surface area contributed by atoms with Gasteiger partial charge in [-0.05, 0) is 37.3 Å². The first-order chi connectivity index (χ1) is 9.94. The molecular weight excluding hydrogens is 324 g/mol. The minimum absolute atomic E-state index is 0.219. The van der Waals surface area contributed by atoms with Gasteiger partial charge in [-0.2, -0.15) is 0 Å². The second-order valence-corrected chi connectivity index (χ2v) is 9.05. The first-order valence-electron chi connectivity index (χ1n) is 7.34. The molecule has 1 heterocycles. The molecule has 2 rings (SSSR count). The molecule has 0 saturated heterocycles. The molecule has 1 aliphatic rings. The lowest BCUT2D eigenvalue weighted by atomic mass is 9.84. The summed E-state index contributed by atoms with van der Waals surface area (Å²) in [6, 6.07) is 3.08. The molecule has 118 valence electrons. The Hall–Kier alpha value is -0.500. The van der Waals surface area contributed by atoms with Crippen LogP contribution in [0.1, 0.15) is 43.9 Å². The van der Waals surface area contributed by atoms with E-state index in [0.29, 0.717) is 4.21 Å². The summed E-state index contributed by atoms with van der Waals surface area (Å²) in [6.07, 6.45) is 6.24. The third-order valence-corrected chi connectivity index (χ3v) is 7.38. The summed E-state index contributed by atoms with van der Waals surface area (Å²) in [5, 5.41) is 0. The van der Waals surface area contributed by atoms with E-state index in [1.54, 1.807) is 6.07 Å². The van der Waals surface area contributed by atoms with E-state index in [-0.39, 0.29) is 10.9 Å². The Morgan fingerprint density at radius 1 is 1.43 bits per heavy atom. The minimum Gasteiger partial charge on any atom is -0.392 e. The maximum absolute atomic E-state index is 12.5. The molecule has 1 saturated carbocycles. The van der Waals surface area contributed by atoms with Gasteiger partial charge in [-0.15, -0.1) is 11.3 Å². The molecule has 0 aromatic carbocycles. The molecule has 7 heteroatoms. The number of nitrogens with one attached hydrogen (secondary N) is 1. The van der Waals surface area contributed by atoms with E-state index in [1.807, 2.05) is 13.0 Å². The molecule has 0 spiro atoms. The SMILES string of the molecule is CCc1ccc(S(=O)(=O)NC(C(N)=S)C2CCCCC2)s1. The summed E-state index contributed by atoms with van der Waals surface area (Å²) < 4.78 is 28.1. The van der Waals surface area contributed by atoms with E-state index in [4.69, 9.17) is 18.0 Å². The van der Waals surface area contributed by atoms with Crippen molar-refractivity contribution < 1.29 is 8.42 Å². The van der Waals surface area contributed by atoms with Gasteiger partial charge in [0.1, 0.15) is 4.21 Å². The van der Waals surface area contributed by atoms with Crippen molar-refractivity contribution in [3.63, 3.8) is 0 Å². The van der Waals surface area contributed by atoms with Crippen LogP contribution in [0.5, 0.6) is 0 Å². The molecule has 21 heavy (non-hydrogen) atoms. The second-order valence-electron chi connectivity index (χ2n) is 5.47. The van der Waals surface area contributed by atoms with Crippen molar-refractivity contribution in [2.75, 3.05) is 0 Å². The maximum atomic E-state index is 12.5. The zero-order chi connectivity index (χ0) is 15.5. The normalized spacial score (nSPS) is 18.5. The average molecular weight is 347 g/mol. The summed E-state index contributed by atoms with van der Waals surface area (Å²) in [6.45, 7) is 2.01. The number of thiocarbonyl (C=S) groups is 1. The predicted molar refractivity (Wildman–Crippen MR) is 91.2 cm³/mol. The molecule has 0 aliphatic heterocycles. The maximum Gasteiger partial charge on any atom is 0.250 e. The van der Waals surface area contributed by atoms with Crippen LogP contribution in [0.25, 0.3) is 0 Å². The van der Waals surface area contributed by atoms with E-state index in [2.05, 4.69) is 4.72 Å². The average Bonchev–Trinajstić information content (AvgIpc) is 2.95. The highest BCUT2D eigenvalue weighted by atomic mass is 32.2. The van der Waals surface area contributed by atoms with Crippen LogP contribution >= 0.6 is 23.6 Å². The number of hydrogen-bond donors (Lipinski definition) is 2. The molecular formula is C14H22N2O2S3. The second kappa shape index (κ2) is 7.17. The summed E-state index contributed by atoms with van der Waals surface area (Å²) >= 11 is 6.40. The van der Waals surface area contributed by atoms with Gasteiger partial charge in [-0.25, -0.2) is 13.1 Å². The minimum atomic E-state index is -3.54. The number of nitrogens with two attached hydrogens (primary N) is 1. The molecule has 1 atom stereocenters. The standard InChI is InChI=1S/C14H22N2O2S3/c1-2-11-8-9-12(20-11)21(17,18)16-13(14(15)19)10-6-4-3-5-7-10/h8-10,13,16H,2-7H2,1H3,(H2,15,19). The van der Waals surface area contributed by atoms with Crippen molar-refractivity contribution in [3.05, 3.63) is 17.0 Å². The van der Waals surface area contributed by atoms with E-state index in [9.17, 15) is 8.42 Å². The number of rotatable bonds is 6. The van der Waals surface area contributed by atoms with Crippen molar-refractivity contribution in [1.29, 1.82) is 0 Å². The summed E-state index contributed by atoms with van der Waals surface area (Å²) in [5.41, 5.74) is 5.79. The number of sulfonamides is 1. The number of aryl methyl sites for hydroxylation is 1. The Morgan fingerprint density at radius 2 is 2.10 bits per heavy atom. The van der Waals surface area contributed by atoms with Crippen molar-refractivity contribution in [3.8, 4) is 0 Å². The lowest BCUT2D eigenvalue weighted by molar-refractivity contribution is 0.330. The Bertz CT molecular complexity index is 589. The fourth-order valence-corrected chi connectivity index (χ4v) is 5.69. The van der Waals surface area contributed by atoms with Crippen LogP contribution in [-0.4, -0.2) is 19.4 Å². The predicted octanol–water partition coefficient (Wildman–Crippen LogP) is 2.82. The summed E-state index contributed by atoms with van der Waals surface area (Å²) in [5.74, 6) is 0.219. The monoisotopic (exact) mass is 346 g/mol. The molecule has 1 fully saturated rings. The van der Waals surface area contributed by atoms with Crippen molar-refractivity contribution in [2.45, 2.75) is 55.7 Å². The molecule has 0 bridgehead atoms. The van der Waals surface area contributed by atoms with Crippen LogP contribution in [0.4, 0.5) is 0 Å². The van der Waals surface area contributed by atoms with Gasteiger partial charge in [-0.3, -0.25) is 0 Å². The van der Waals surface area contributed by atoms with Crippen LogP contribution in [0.15, 0.2) is 16.3 Å². The highest BCUT2D eigenvalue weighted by molar-refractivity contribution is 7.91. The van der Waals surface area contributed by atoms with Gasteiger partial charge in [0.05, 0.1) is 11.0 Å². The van der Waals surface area contributed by atoms with Crippen LogP contribution in [0.3, 0.4) is 0 Å². The van der Waals surface area contributed by atoms with Crippen LogP contribution < -0.4 is 10.5 Å². The zero-order valence-corrected chi connectivity index (χ0v) is 14.6. The third kappa shape index (κ3) is 4.25. The zero-order valence-electron chi connectivity index (χ0n) is 12.2. The van der Waals surface area contributed by atoms with E-state index in [0.717, 1.165) is 37.0 Å². The molecule has 3 N–H and O–H groups in total. The molecule has 1 aromatic heterocycles. The molecule has 0 amide bonds. The van der Waals surface area contributed by atoms with Crippen molar-refractivity contribution in [1.82, 2.24) is 4.72 Å². The number of thiophene rings is 1. The fourth-order valence-electron chi connectivity index (χ4n) is 2.77. The third-order valence-electron chi connectivity index (χ3n) is 3.96. The van der Waals surface area contributed by atoms with Gasteiger partial charge in [0.15, 0.2) is 0 Å². The summed E-state index contributed by atoms with van der Waals surface area (Å²) in [7, 11) is -3.54. The smallest absolute Gasteiger partial charge is 0.250 e. The van der Waals surface area contributed by atoms with Gasteiger partial charge >= 0.3 is 0 Å². The van der Waals surface area contributed by atoms with Crippen molar-refractivity contribution >= 4 is 38.6 Å². The van der Waals surface area contributed by atoms with Crippen LogP contribution in [-0.2, 0) is 16.4 Å². The lowest BCUT2D eigenvalue weighted by Crippen LogP contribution is -2.48. The molecule has 4 nitrogen and oxygen atoms in total. The first kappa shape index (κ1) is 16.9. The van der Waals surface area contributed by atoms with Gasteiger partial charge < -0.3 is 5.73 Å². The van der Waals surface area contributed by atoms with Crippen molar-refractivity contribution in [2.24, 2.45) is 11.7 Å². The van der Waals surface area contributed by atoms with Gasteiger partial charge in [-0.1, -0.05) is 38.4 Å². The lowest BCUT2D eigenvalue weighted by Gasteiger charge is -2.29. The fraction of sp³-hybridized carbons (Fsp3) is 0.643. The Morgan fingerprint density at radius 3 is 2.62 bits per heavy atom.